The number of halogens is 1. The van der Waals surface area contributed by atoms with E-state index in [1.165, 1.54) is 0 Å². The van der Waals surface area contributed by atoms with Gasteiger partial charge in [-0.3, -0.25) is 0 Å². The molecule has 3 rings (SSSR count). The first-order valence-corrected chi connectivity index (χ1v) is 9.05. The van der Waals surface area contributed by atoms with Gasteiger partial charge in [-0.25, -0.2) is 19.9 Å². The standard InChI is InChI=1S/C15H19ClN6S/c1-10-11(2)19-15(23-3)20-13(10)21-4-6-22(7-5-21)14-17-8-12(16)9-18-14/h8-9H,4-7H2,1-3H3. The Balaban J connectivity index is 1.74. The molecule has 2 aromatic rings. The van der Waals surface area contributed by atoms with Gasteiger partial charge in [-0.05, 0) is 20.1 Å². The zero-order chi connectivity index (χ0) is 16.4. The number of nitrogens with zero attached hydrogens (tertiary/aromatic N) is 6. The lowest BCUT2D eigenvalue weighted by atomic mass is 10.2. The van der Waals surface area contributed by atoms with Gasteiger partial charge in [0, 0.05) is 37.4 Å². The average Bonchev–Trinajstić information content (AvgIpc) is 2.58. The molecule has 0 atom stereocenters. The molecule has 3 heterocycles. The van der Waals surface area contributed by atoms with Crippen LogP contribution in [0.4, 0.5) is 11.8 Å². The molecule has 0 amide bonds. The van der Waals surface area contributed by atoms with E-state index in [-0.39, 0.29) is 0 Å². The van der Waals surface area contributed by atoms with E-state index in [1.807, 2.05) is 13.2 Å². The van der Waals surface area contributed by atoms with Crippen LogP contribution < -0.4 is 9.80 Å². The highest BCUT2D eigenvalue weighted by atomic mass is 35.5. The minimum absolute atomic E-state index is 0.559. The molecule has 0 unspecified atom stereocenters. The SMILES string of the molecule is CSc1nc(C)c(C)c(N2CCN(c3ncc(Cl)cn3)CC2)n1. The normalized spacial score (nSPS) is 15.1. The molecule has 0 bridgehead atoms. The molecule has 6 nitrogen and oxygen atoms in total. The second-order valence-electron chi connectivity index (χ2n) is 5.42. The zero-order valence-corrected chi connectivity index (χ0v) is 15.0. The van der Waals surface area contributed by atoms with Gasteiger partial charge in [0.2, 0.25) is 5.95 Å². The molecule has 0 N–H and O–H groups in total. The largest absolute Gasteiger partial charge is 0.353 e. The van der Waals surface area contributed by atoms with Gasteiger partial charge in [-0.15, -0.1) is 0 Å². The lowest BCUT2D eigenvalue weighted by Crippen LogP contribution is -2.47. The third-order valence-corrected chi connectivity index (χ3v) is 4.74. The fourth-order valence-electron chi connectivity index (χ4n) is 2.57. The molecule has 0 aromatic carbocycles. The van der Waals surface area contributed by atoms with Crippen LogP contribution in [0.3, 0.4) is 0 Å². The Morgan fingerprint density at radius 2 is 1.61 bits per heavy atom. The summed E-state index contributed by atoms with van der Waals surface area (Å²) in [5.74, 6) is 1.77. The molecular formula is C15H19ClN6S. The molecule has 1 aliphatic rings. The van der Waals surface area contributed by atoms with Gasteiger partial charge in [-0.1, -0.05) is 23.4 Å². The lowest BCUT2D eigenvalue weighted by molar-refractivity contribution is 0.628. The van der Waals surface area contributed by atoms with Crippen molar-refractivity contribution in [1.29, 1.82) is 0 Å². The number of anilines is 2. The smallest absolute Gasteiger partial charge is 0.225 e. The van der Waals surface area contributed by atoms with Gasteiger partial charge in [0.15, 0.2) is 5.16 Å². The third kappa shape index (κ3) is 3.50. The van der Waals surface area contributed by atoms with Crippen molar-refractivity contribution in [1.82, 2.24) is 19.9 Å². The van der Waals surface area contributed by atoms with Gasteiger partial charge in [0.05, 0.1) is 17.4 Å². The van der Waals surface area contributed by atoms with Crippen LogP contribution in [-0.4, -0.2) is 52.4 Å². The third-order valence-electron chi connectivity index (χ3n) is 3.99. The summed E-state index contributed by atoms with van der Waals surface area (Å²) < 4.78 is 0. The first-order valence-electron chi connectivity index (χ1n) is 7.45. The zero-order valence-electron chi connectivity index (χ0n) is 13.5. The number of hydrogen-bond donors (Lipinski definition) is 0. The molecule has 122 valence electrons. The fraction of sp³-hybridized carbons (Fsp3) is 0.467. The van der Waals surface area contributed by atoms with Crippen molar-refractivity contribution in [2.24, 2.45) is 0 Å². The molecule has 0 spiro atoms. The van der Waals surface area contributed by atoms with Crippen molar-refractivity contribution in [2.75, 3.05) is 42.2 Å². The van der Waals surface area contributed by atoms with E-state index in [0.29, 0.717) is 5.02 Å². The average molecular weight is 351 g/mol. The maximum atomic E-state index is 5.85. The molecule has 0 radical (unpaired) electrons. The second kappa shape index (κ2) is 6.88. The molecule has 0 saturated carbocycles. The van der Waals surface area contributed by atoms with Crippen molar-refractivity contribution in [3.05, 3.63) is 28.7 Å². The van der Waals surface area contributed by atoms with Crippen LogP contribution in [0.15, 0.2) is 17.6 Å². The van der Waals surface area contributed by atoms with Gasteiger partial charge in [0.1, 0.15) is 5.82 Å². The fourth-order valence-corrected chi connectivity index (χ4v) is 3.08. The van der Waals surface area contributed by atoms with Crippen molar-refractivity contribution in [3.8, 4) is 0 Å². The molecule has 1 saturated heterocycles. The van der Waals surface area contributed by atoms with Crippen molar-refractivity contribution in [2.45, 2.75) is 19.0 Å². The highest BCUT2D eigenvalue weighted by Gasteiger charge is 2.22. The first-order chi connectivity index (χ1) is 11.1. The predicted molar refractivity (Wildman–Crippen MR) is 94.8 cm³/mol. The summed E-state index contributed by atoms with van der Waals surface area (Å²) >= 11 is 7.42. The number of thioether (sulfide) groups is 1. The van der Waals surface area contributed by atoms with Crippen molar-refractivity contribution < 1.29 is 0 Å². The van der Waals surface area contributed by atoms with Crippen LogP contribution in [0.1, 0.15) is 11.3 Å². The molecule has 2 aromatic heterocycles. The minimum atomic E-state index is 0.559. The number of aryl methyl sites for hydroxylation is 1. The van der Waals surface area contributed by atoms with Gasteiger partial charge >= 0.3 is 0 Å². The van der Waals surface area contributed by atoms with E-state index < -0.39 is 0 Å². The minimum Gasteiger partial charge on any atom is -0.353 e. The molecule has 1 aliphatic heterocycles. The van der Waals surface area contributed by atoms with E-state index in [2.05, 4.69) is 31.7 Å². The van der Waals surface area contributed by atoms with Crippen LogP contribution in [0, 0.1) is 13.8 Å². The Labute approximate surface area is 145 Å². The van der Waals surface area contributed by atoms with Crippen LogP contribution in [0.5, 0.6) is 0 Å². The summed E-state index contributed by atoms with van der Waals surface area (Å²) in [6.45, 7) is 7.62. The summed E-state index contributed by atoms with van der Waals surface area (Å²) in [5, 5.41) is 1.38. The van der Waals surface area contributed by atoms with E-state index in [0.717, 1.165) is 54.4 Å². The van der Waals surface area contributed by atoms with Crippen molar-refractivity contribution >= 4 is 35.1 Å². The molecule has 23 heavy (non-hydrogen) atoms. The quantitative estimate of drug-likeness (QED) is 0.622. The van der Waals surface area contributed by atoms with Crippen LogP contribution >= 0.6 is 23.4 Å². The summed E-state index contributed by atoms with van der Waals surface area (Å²) in [7, 11) is 0. The molecule has 0 aliphatic carbocycles. The second-order valence-corrected chi connectivity index (χ2v) is 6.63. The van der Waals surface area contributed by atoms with E-state index >= 15 is 0 Å². The first kappa shape index (κ1) is 16.3. The Hall–Kier alpha value is -1.60. The molecular weight excluding hydrogens is 332 g/mol. The molecule has 1 fully saturated rings. The van der Waals surface area contributed by atoms with Crippen molar-refractivity contribution in [3.63, 3.8) is 0 Å². The summed E-state index contributed by atoms with van der Waals surface area (Å²) in [5.41, 5.74) is 2.20. The maximum absolute atomic E-state index is 5.85. The lowest BCUT2D eigenvalue weighted by Gasteiger charge is -2.36. The topological polar surface area (TPSA) is 58.0 Å². The van der Waals surface area contributed by atoms with Crippen LogP contribution in [0.25, 0.3) is 0 Å². The predicted octanol–water partition coefficient (Wildman–Crippen LogP) is 2.59. The van der Waals surface area contributed by atoms with Gasteiger partial charge in [0.25, 0.3) is 0 Å². The Morgan fingerprint density at radius 3 is 2.22 bits per heavy atom. The van der Waals surface area contributed by atoms with E-state index in [4.69, 9.17) is 16.6 Å². The summed E-state index contributed by atoms with van der Waals surface area (Å²) in [6, 6.07) is 0. The number of hydrogen-bond acceptors (Lipinski definition) is 7. The van der Waals surface area contributed by atoms with Crippen LogP contribution in [0.2, 0.25) is 5.02 Å². The number of aromatic nitrogens is 4. The number of rotatable bonds is 3. The monoisotopic (exact) mass is 350 g/mol. The highest BCUT2D eigenvalue weighted by molar-refractivity contribution is 7.98. The van der Waals surface area contributed by atoms with Gasteiger partial charge < -0.3 is 9.80 Å². The summed E-state index contributed by atoms with van der Waals surface area (Å²) in [4.78, 5) is 22.3. The van der Waals surface area contributed by atoms with Crippen LogP contribution in [-0.2, 0) is 0 Å². The van der Waals surface area contributed by atoms with Gasteiger partial charge in [-0.2, -0.15) is 0 Å². The number of piperazine rings is 1. The summed E-state index contributed by atoms with van der Waals surface area (Å²) in [6.07, 6.45) is 5.28. The van der Waals surface area contributed by atoms with E-state index in [1.54, 1.807) is 24.2 Å². The Morgan fingerprint density at radius 1 is 1.00 bits per heavy atom. The maximum Gasteiger partial charge on any atom is 0.225 e. The Bertz CT molecular complexity index is 685. The molecule has 8 heteroatoms. The van der Waals surface area contributed by atoms with E-state index in [9.17, 15) is 0 Å². The highest BCUT2D eigenvalue weighted by Crippen LogP contribution is 2.24. The Kier molecular flexibility index (Phi) is 4.87.